The van der Waals surface area contributed by atoms with Crippen LogP contribution in [0, 0.1) is 12.8 Å². The van der Waals surface area contributed by atoms with Gasteiger partial charge in [-0.25, -0.2) is 0 Å². The maximum absolute atomic E-state index is 4.89. The van der Waals surface area contributed by atoms with Crippen LogP contribution in [0.25, 0.3) is 0 Å². The van der Waals surface area contributed by atoms with E-state index in [1.165, 1.54) is 28.2 Å². The largest absolute Gasteiger partial charge is 0.357 e. The van der Waals surface area contributed by atoms with Crippen molar-refractivity contribution in [2.45, 2.75) is 31.6 Å². The first-order valence-electron chi connectivity index (χ1n) is 9.87. The molecule has 0 radical (unpaired) electrons. The van der Waals surface area contributed by atoms with Crippen molar-refractivity contribution in [1.29, 1.82) is 0 Å². The molecule has 1 fully saturated rings. The lowest BCUT2D eigenvalue weighted by molar-refractivity contribution is 0.474. The number of rotatable bonds is 7. The van der Waals surface area contributed by atoms with Gasteiger partial charge in [0.1, 0.15) is 0 Å². The first-order valence-corrected chi connectivity index (χ1v) is 10.9. The molecule has 1 aliphatic heterocycles. The van der Waals surface area contributed by atoms with Crippen LogP contribution < -0.4 is 5.32 Å². The first kappa shape index (κ1) is 19.7. The van der Waals surface area contributed by atoms with E-state index in [9.17, 15) is 0 Å². The first-order chi connectivity index (χ1) is 13.3. The molecule has 1 aromatic carbocycles. The molecule has 0 spiro atoms. The van der Waals surface area contributed by atoms with Gasteiger partial charge in [0.15, 0.2) is 5.96 Å². The van der Waals surface area contributed by atoms with Gasteiger partial charge in [0.25, 0.3) is 0 Å². The highest BCUT2D eigenvalue weighted by molar-refractivity contribution is 7.99. The summed E-state index contributed by atoms with van der Waals surface area (Å²) in [6.45, 7) is 8.17. The van der Waals surface area contributed by atoms with E-state index in [2.05, 4.69) is 65.4 Å². The summed E-state index contributed by atoms with van der Waals surface area (Å²) in [5, 5.41) is 3.48. The van der Waals surface area contributed by atoms with Gasteiger partial charge in [-0.2, -0.15) is 0 Å². The van der Waals surface area contributed by atoms with Crippen LogP contribution in [0.3, 0.4) is 0 Å². The molecule has 0 aliphatic carbocycles. The molecule has 0 saturated carbocycles. The van der Waals surface area contributed by atoms with Crippen molar-refractivity contribution in [1.82, 2.24) is 15.2 Å². The Balaban J connectivity index is 1.51. The van der Waals surface area contributed by atoms with Gasteiger partial charge < -0.3 is 10.2 Å². The third kappa shape index (κ3) is 5.99. The summed E-state index contributed by atoms with van der Waals surface area (Å²) in [5.74, 6) is 2.97. The number of likely N-dealkylation sites (tertiary alicyclic amines) is 1. The maximum Gasteiger partial charge on any atom is 0.193 e. The van der Waals surface area contributed by atoms with E-state index in [-0.39, 0.29) is 0 Å². The average molecular weight is 383 g/mol. The Bertz CT molecular complexity index is 732. The van der Waals surface area contributed by atoms with Crippen LogP contribution in [0.1, 0.15) is 24.5 Å². The highest BCUT2D eigenvalue weighted by Crippen LogP contribution is 2.25. The smallest absolute Gasteiger partial charge is 0.193 e. The van der Waals surface area contributed by atoms with Crippen LogP contribution in [0.4, 0.5) is 0 Å². The number of aliphatic imine (C=N–C) groups is 1. The van der Waals surface area contributed by atoms with Gasteiger partial charge in [-0.3, -0.25) is 9.98 Å². The molecule has 0 bridgehead atoms. The lowest BCUT2D eigenvalue weighted by Gasteiger charge is -2.21. The quantitative estimate of drug-likeness (QED) is 0.446. The standard InChI is InChI=1S/C22H30N4S/c1-3-24-22(25-13-10-20-9-12-23-15-18(20)2)26-14-11-19(16-26)17-27-21-7-5-4-6-8-21/h4-9,12,15,19H,3,10-11,13-14,16-17H2,1-2H3,(H,24,25). The van der Waals surface area contributed by atoms with E-state index in [4.69, 9.17) is 4.99 Å². The lowest BCUT2D eigenvalue weighted by atomic mass is 10.1. The van der Waals surface area contributed by atoms with E-state index in [0.29, 0.717) is 0 Å². The zero-order valence-electron chi connectivity index (χ0n) is 16.4. The summed E-state index contributed by atoms with van der Waals surface area (Å²) in [7, 11) is 0. The fraction of sp³-hybridized carbons (Fsp3) is 0.455. The minimum Gasteiger partial charge on any atom is -0.357 e. The molecule has 3 rings (SSSR count). The number of pyridine rings is 1. The molecule has 2 aromatic rings. The second-order valence-electron chi connectivity index (χ2n) is 7.01. The van der Waals surface area contributed by atoms with Gasteiger partial charge in [0.05, 0.1) is 0 Å². The summed E-state index contributed by atoms with van der Waals surface area (Å²) in [6, 6.07) is 12.8. The summed E-state index contributed by atoms with van der Waals surface area (Å²) in [4.78, 5) is 12.9. The molecular formula is C22H30N4S. The number of nitrogens with one attached hydrogen (secondary N) is 1. The summed E-state index contributed by atoms with van der Waals surface area (Å²) < 4.78 is 0. The fourth-order valence-electron chi connectivity index (χ4n) is 3.38. The van der Waals surface area contributed by atoms with Crippen molar-refractivity contribution < 1.29 is 0 Å². The Morgan fingerprint density at radius 1 is 1.30 bits per heavy atom. The minimum atomic E-state index is 0.724. The third-order valence-electron chi connectivity index (χ3n) is 4.93. The van der Waals surface area contributed by atoms with Crippen LogP contribution >= 0.6 is 11.8 Å². The Kier molecular flexibility index (Phi) is 7.57. The van der Waals surface area contributed by atoms with E-state index in [1.54, 1.807) is 0 Å². The van der Waals surface area contributed by atoms with Crippen LogP contribution in [-0.2, 0) is 6.42 Å². The Morgan fingerprint density at radius 3 is 2.93 bits per heavy atom. The van der Waals surface area contributed by atoms with Crippen LogP contribution in [0.2, 0.25) is 0 Å². The highest BCUT2D eigenvalue weighted by Gasteiger charge is 2.24. The van der Waals surface area contributed by atoms with Crippen molar-refractivity contribution in [3.63, 3.8) is 0 Å². The number of guanidine groups is 1. The van der Waals surface area contributed by atoms with Gasteiger partial charge in [0, 0.05) is 49.2 Å². The van der Waals surface area contributed by atoms with E-state index in [1.807, 2.05) is 24.2 Å². The minimum absolute atomic E-state index is 0.724. The zero-order chi connectivity index (χ0) is 18.9. The van der Waals surface area contributed by atoms with Crippen molar-refractivity contribution in [3.05, 3.63) is 59.9 Å². The molecule has 5 heteroatoms. The normalized spacial score (nSPS) is 17.3. The summed E-state index contributed by atoms with van der Waals surface area (Å²) in [5.41, 5.74) is 2.58. The number of hydrogen-bond donors (Lipinski definition) is 1. The number of thioether (sulfide) groups is 1. The second kappa shape index (κ2) is 10.4. The molecule has 1 atom stereocenters. The fourth-order valence-corrected chi connectivity index (χ4v) is 4.43. The van der Waals surface area contributed by atoms with Crippen molar-refractivity contribution in [2.24, 2.45) is 10.9 Å². The number of nitrogens with zero attached hydrogens (tertiary/aromatic N) is 3. The van der Waals surface area contributed by atoms with Crippen molar-refractivity contribution >= 4 is 17.7 Å². The highest BCUT2D eigenvalue weighted by atomic mass is 32.2. The number of aryl methyl sites for hydroxylation is 1. The molecule has 1 aromatic heterocycles. The van der Waals surface area contributed by atoms with Gasteiger partial charge in [-0.15, -0.1) is 11.8 Å². The van der Waals surface area contributed by atoms with Gasteiger partial charge in [-0.05, 0) is 61.9 Å². The molecule has 2 heterocycles. The second-order valence-corrected chi connectivity index (χ2v) is 8.11. The van der Waals surface area contributed by atoms with Gasteiger partial charge in [-0.1, -0.05) is 18.2 Å². The van der Waals surface area contributed by atoms with Crippen LogP contribution in [0.15, 0.2) is 58.7 Å². The third-order valence-corrected chi connectivity index (χ3v) is 6.17. The van der Waals surface area contributed by atoms with Crippen molar-refractivity contribution in [2.75, 3.05) is 31.9 Å². The Morgan fingerprint density at radius 2 is 2.15 bits per heavy atom. The predicted molar refractivity (Wildman–Crippen MR) is 116 cm³/mol. The monoisotopic (exact) mass is 382 g/mol. The number of hydrogen-bond acceptors (Lipinski definition) is 3. The summed E-state index contributed by atoms with van der Waals surface area (Å²) in [6.07, 6.45) is 6.00. The molecule has 1 saturated heterocycles. The molecule has 27 heavy (non-hydrogen) atoms. The molecule has 4 nitrogen and oxygen atoms in total. The van der Waals surface area contributed by atoms with Crippen LogP contribution in [0.5, 0.6) is 0 Å². The van der Waals surface area contributed by atoms with E-state index >= 15 is 0 Å². The van der Waals surface area contributed by atoms with Crippen molar-refractivity contribution in [3.8, 4) is 0 Å². The van der Waals surface area contributed by atoms with E-state index < -0.39 is 0 Å². The number of benzene rings is 1. The average Bonchev–Trinajstić information content (AvgIpc) is 3.17. The molecule has 144 valence electrons. The maximum atomic E-state index is 4.89. The Labute approximate surface area is 167 Å². The zero-order valence-corrected chi connectivity index (χ0v) is 17.2. The molecular weight excluding hydrogens is 352 g/mol. The lowest BCUT2D eigenvalue weighted by Crippen LogP contribution is -2.40. The molecule has 1 aliphatic rings. The molecule has 1 N–H and O–H groups in total. The SMILES string of the molecule is CCNC(=NCCc1ccncc1C)N1CCC(CSc2ccccc2)C1. The Hall–Kier alpha value is -2.01. The topological polar surface area (TPSA) is 40.5 Å². The summed E-state index contributed by atoms with van der Waals surface area (Å²) >= 11 is 1.97. The molecule has 1 unspecified atom stereocenters. The number of aromatic nitrogens is 1. The predicted octanol–water partition coefficient (Wildman–Crippen LogP) is 4.01. The van der Waals surface area contributed by atoms with Gasteiger partial charge in [0.2, 0.25) is 0 Å². The molecule has 0 amide bonds. The van der Waals surface area contributed by atoms with Crippen LogP contribution in [-0.4, -0.2) is 47.8 Å². The van der Waals surface area contributed by atoms with Gasteiger partial charge >= 0.3 is 0 Å². The van der Waals surface area contributed by atoms with E-state index in [0.717, 1.165) is 44.5 Å².